The number of hydrogen-bond donors (Lipinski definition) is 1. The summed E-state index contributed by atoms with van der Waals surface area (Å²) in [6.07, 6.45) is 2.62. The van der Waals surface area contributed by atoms with E-state index in [2.05, 4.69) is 11.8 Å². The van der Waals surface area contributed by atoms with Gasteiger partial charge in [0.05, 0.1) is 0 Å². The highest BCUT2D eigenvalue weighted by molar-refractivity contribution is 5.68. The zero-order valence-electron chi connectivity index (χ0n) is 16.1. The number of likely N-dealkylation sites (N-methyl/N-ethyl adjacent to an activating group) is 1. The van der Waals surface area contributed by atoms with Gasteiger partial charge >= 0.3 is 6.09 Å². The molecule has 0 saturated carbocycles. The maximum absolute atomic E-state index is 12.8. The third-order valence-electron chi connectivity index (χ3n) is 5.46. The van der Waals surface area contributed by atoms with Gasteiger partial charge in [-0.15, -0.1) is 0 Å². The fourth-order valence-electron chi connectivity index (χ4n) is 3.65. The maximum atomic E-state index is 12.8. The lowest BCUT2D eigenvalue weighted by Gasteiger charge is -2.45. The van der Waals surface area contributed by atoms with Gasteiger partial charge in [0.15, 0.2) is 0 Å². The predicted octanol–water partition coefficient (Wildman–Crippen LogP) is 4.02. The minimum absolute atomic E-state index is 0.247. The molecule has 0 aliphatic carbocycles. The van der Waals surface area contributed by atoms with Crippen molar-refractivity contribution in [2.24, 2.45) is 0 Å². The van der Waals surface area contributed by atoms with Crippen LogP contribution in [0.4, 0.5) is 4.79 Å². The van der Waals surface area contributed by atoms with Crippen LogP contribution in [0.3, 0.4) is 0 Å². The molecular formula is C22H28N2O3. The summed E-state index contributed by atoms with van der Waals surface area (Å²) in [5.74, 6) is 0.247. The van der Waals surface area contributed by atoms with Gasteiger partial charge in [-0.2, -0.15) is 0 Å². The molecule has 0 bridgehead atoms. The van der Waals surface area contributed by atoms with Crippen LogP contribution in [0.5, 0.6) is 5.75 Å². The van der Waals surface area contributed by atoms with Crippen LogP contribution in [0.2, 0.25) is 0 Å². The Labute approximate surface area is 161 Å². The van der Waals surface area contributed by atoms with Crippen LogP contribution in [0.25, 0.3) is 0 Å². The van der Waals surface area contributed by atoms with Crippen molar-refractivity contribution in [3.05, 3.63) is 65.7 Å². The standard InChI is InChI=1S/C22H28N2O3/c1-22(24-14-6-7-15-24,16-18-10-12-20(25)13-11-18)23(2)21(26)27-17-19-8-4-3-5-9-19/h3-5,8-13,25H,6-7,14-17H2,1-2H3/t22-/m1/s1. The minimum atomic E-state index is -0.485. The third-order valence-corrected chi connectivity index (χ3v) is 5.46. The topological polar surface area (TPSA) is 53.0 Å². The van der Waals surface area contributed by atoms with Gasteiger partial charge in [-0.3, -0.25) is 9.80 Å². The second kappa shape index (κ2) is 8.44. The van der Waals surface area contributed by atoms with Crippen molar-refractivity contribution in [3.8, 4) is 5.75 Å². The summed E-state index contributed by atoms with van der Waals surface area (Å²) in [4.78, 5) is 16.9. The second-order valence-corrected chi connectivity index (χ2v) is 7.35. The molecule has 3 rings (SSSR count). The van der Waals surface area contributed by atoms with Crippen LogP contribution in [0, 0.1) is 0 Å². The highest BCUT2D eigenvalue weighted by Crippen LogP contribution is 2.29. The first-order valence-electron chi connectivity index (χ1n) is 9.46. The Bertz CT molecular complexity index is 742. The normalized spacial score (nSPS) is 16.7. The van der Waals surface area contributed by atoms with Gasteiger partial charge < -0.3 is 9.84 Å². The Kier molecular flexibility index (Phi) is 6.01. The van der Waals surface area contributed by atoms with E-state index in [9.17, 15) is 9.90 Å². The molecule has 1 N–H and O–H groups in total. The number of likely N-dealkylation sites (tertiary alicyclic amines) is 1. The van der Waals surface area contributed by atoms with E-state index in [-0.39, 0.29) is 18.4 Å². The highest BCUT2D eigenvalue weighted by atomic mass is 16.6. The Morgan fingerprint density at radius 3 is 2.33 bits per heavy atom. The smallest absolute Gasteiger partial charge is 0.411 e. The predicted molar refractivity (Wildman–Crippen MR) is 105 cm³/mol. The number of rotatable bonds is 6. The summed E-state index contributed by atoms with van der Waals surface area (Å²) < 4.78 is 5.57. The number of hydrogen-bond acceptors (Lipinski definition) is 4. The van der Waals surface area contributed by atoms with Crippen LogP contribution in [0.1, 0.15) is 30.9 Å². The Morgan fingerprint density at radius 1 is 1.07 bits per heavy atom. The molecule has 1 saturated heterocycles. The first-order chi connectivity index (χ1) is 13.0. The molecule has 1 atom stereocenters. The molecule has 2 aromatic carbocycles. The van der Waals surface area contributed by atoms with Crippen molar-refractivity contribution in [1.82, 2.24) is 9.80 Å². The second-order valence-electron chi connectivity index (χ2n) is 7.35. The van der Waals surface area contributed by atoms with Gasteiger partial charge in [0, 0.05) is 26.6 Å². The van der Waals surface area contributed by atoms with Crippen molar-refractivity contribution in [1.29, 1.82) is 0 Å². The zero-order valence-corrected chi connectivity index (χ0v) is 16.1. The largest absolute Gasteiger partial charge is 0.508 e. The molecule has 144 valence electrons. The molecule has 1 heterocycles. The fourth-order valence-corrected chi connectivity index (χ4v) is 3.65. The SMILES string of the molecule is CN(C(=O)OCc1ccccc1)[C@@](C)(Cc1ccc(O)cc1)N1CCCC1. The van der Waals surface area contributed by atoms with E-state index in [1.807, 2.05) is 49.5 Å². The van der Waals surface area contributed by atoms with Crippen molar-refractivity contribution < 1.29 is 14.6 Å². The maximum Gasteiger partial charge on any atom is 0.411 e. The van der Waals surface area contributed by atoms with Crippen LogP contribution in [-0.4, -0.2) is 46.8 Å². The van der Waals surface area contributed by atoms with Gasteiger partial charge in [0.1, 0.15) is 18.0 Å². The number of phenolic OH excluding ortho intramolecular Hbond substituents is 1. The van der Waals surface area contributed by atoms with Crippen LogP contribution in [0.15, 0.2) is 54.6 Å². The van der Waals surface area contributed by atoms with Gasteiger partial charge in [0.25, 0.3) is 0 Å². The zero-order chi connectivity index (χ0) is 19.3. The molecule has 5 nitrogen and oxygen atoms in total. The summed E-state index contributed by atoms with van der Waals surface area (Å²) in [6, 6.07) is 16.9. The molecule has 1 amide bonds. The molecule has 0 spiro atoms. The summed E-state index contributed by atoms with van der Waals surface area (Å²) in [5.41, 5.74) is 1.56. The van der Waals surface area contributed by atoms with Crippen molar-refractivity contribution in [2.75, 3.05) is 20.1 Å². The number of ether oxygens (including phenoxy) is 1. The minimum Gasteiger partial charge on any atom is -0.508 e. The number of amides is 1. The molecule has 1 fully saturated rings. The Morgan fingerprint density at radius 2 is 1.70 bits per heavy atom. The number of phenols is 1. The molecular weight excluding hydrogens is 340 g/mol. The fraction of sp³-hybridized carbons (Fsp3) is 0.409. The van der Waals surface area contributed by atoms with Crippen LogP contribution >= 0.6 is 0 Å². The summed E-state index contributed by atoms with van der Waals surface area (Å²) >= 11 is 0. The first kappa shape index (κ1) is 19.2. The first-order valence-corrected chi connectivity index (χ1v) is 9.46. The molecule has 0 radical (unpaired) electrons. The quantitative estimate of drug-likeness (QED) is 0.837. The monoisotopic (exact) mass is 368 g/mol. The van der Waals surface area contributed by atoms with Crippen LogP contribution < -0.4 is 0 Å². The number of carbonyl (C=O) groups excluding carboxylic acids is 1. The van der Waals surface area contributed by atoms with Gasteiger partial charge in [-0.1, -0.05) is 42.5 Å². The van der Waals surface area contributed by atoms with E-state index in [0.717, 1.165) is 37.1 Å². The van der Waals surface area contributed by atoms with Crippen LogP contribution in [-0.2, 0) is 17.8 Å². The van der Waals surface area contributed by atoms with Gasteiger partial charge in [-0.05, 0) is 43.0 Å². The molecule has 0 aromatic heterocycles. The molecule has 5 heteroatoms. The number of carbonyl (C=O) groups is 1. The van der Waals surface area contributed by atoms with E-state index >= 15 is 0 Å². The molecule has 27 heavy (non-hydrogen) atoms. The molecule has 1 aliphatic heterocycles. The molecule has 1 aliphatic rings. The average molecular weight is 368 g/mol. The molecule has 0 unspecified atom stereocenters. The lowest BCUT2D eigenvalue weighted by molar-refractivity contribution is -0.0179. The van der Waals surface area contributed by atoms with Gasteiger partial charge in [0.2, 0.25) is 0 Å². The number of aromatic hydroxyl groups is 1. The average Bonchev–Trinajstić information content (AvgIpc) is 3.23. The Balaban J connectivity index is 1.74. The molecule has 2 aromatic rings. The third kappa shape index (κ3) is 4.61. The van der Waals surface area contributed by atoms with E-state index in [1.54, 1.807) is 17.0 Å². The van der Waals surface area contributed by atoms with Gasteiger partial charge in [-0.25, -0.2) is 4.79 Å². The van der Waals surface area contributed by atoms with E-state index in [4.69, 9.17) is 4.74 Å². The van der Waals surface area contributed by atoms with E-state index in [1.165, 1.54) is 0 Å². The van der Waals surface area contributed by atoms with Crippen molar-refractivity contribution in [2.45, 2.75) is 38.5 Å². The summed E-state index contributed by atoms with van der Waals surface area (Å²) in [7, 11) is 1.81. The lowest BCUT2D eigenvalue weighted by atomic mass is 9.98. The lowest BCUT2D eigenvalue weighted by Crippen LogP contribution is -2.59. The number of benzene rings is 2. The summed E-state index contributed by atoms with van der Waals surface area (Å²) in [5, 5.41) is 9.55. The van der Waals surface area contributed by atoms with E-state index < -0.39 is 5.66 Å². The Hall–Kier alpha value is -2.53. The van der Waals surface area contributed by atoms with Crippen molar-refractivity contribution in [3.63, 3.8) is 0 Å². The highest BCUT2D eigenvalue weighted by Gasteiger charge is 2.40. The summed E-state index contributed by atoms with van der Waals surface area (Å²) in [6.45, 7) is 4.28. The van der Waals surface area contributed by atoms with E-state index in [0.29, 0.717) is 6.42 Å². The number of nitrogens with zero attached hydrogens (tertiary/aromatic N) is 2. The van der Waals surface area contributed by atoms with Crippen molar-refractivity contribution >= 4 is 6.09 Å².